The lowest BCUT2D eigenvalue weighted by Gasteiger charge is -1.99. The lowest BCUT2D eigenvalue weighted by atomic mass is 10.1. The molecule has 170 valence electrons. The third kappa shape index (κ3) is 4.86. The summed E-state index contributed by atoms with van der Waals surface area (Å²) in [5.74, 6) is 0.525. The lowest BCUT2D eigenvalue weighted by Crippen LogP contribution is -1.99. The molecule has 0 fully saturated rings. The summed E-state index contributed by atoms with van der Waals surface area (Å²) < 4.78 is 10.5. The number of hydrogen-bond acceptors (Lipinski definition) is 10. The number of methoxy groups -OCH3 is 1. The van der Waals surface area contributed by atoms with Crippen LogP contribution < -0.4 is 4.74 Å². The van der Waals surface area contributed by atoms with Gasteiger partial charge >= 0.3 is 0 Å². The zero-order valence-corrected chi connectivity index (χ0v) is 18.2. The van der Waals surface area contributed by atoms with Gasteiger partial charge in [0.1, 0.15) is 11.4 Å². The second-order valence-electron chi connectivity index (χ2n) is 6.83. The smallest absolute Gasteiger partial charge is 0.277 e. The number of carbonyl (C=O) groups is 1. The van der Waals surface area contributed by atoms with Gasteiger partial charge in [0.05, 0.1) is 28.7 Å². The van der Waals surface area contributed by atoms with Crippen LogP contribution >= 0.6 is 11.3 Å². The van der Waals surface area contributed by atoms with E-state index in [2.05, 4.69) is 10.1 Å². The summed E-state index contributed by atoms with van der Waals surface area (Å²) in [6, 6.07) is 11.8. The van der Waals surface area contributed by atoms with Gasteiger partial charge in [-0.15, -0.1) is 11.3 Å². The minimum Gasteiger partial charge on any atom is -0.497 e. The quantitative estimate of drug-likeness (QED) is 0.144. The van der Waals surface area contributed by atoms with Gasteiger partial charge in [0.15, 0.2) is 16.6 Å². The van der Waals surface area contributed by atoms with Gasteiger partial charge in [0, 0.05) is 34.7 Å². The molecular weight excluding hydrogens is 464 g/mol. The maximum Gasteiger partial charge on any atom is 0.277 e. The number of allylic oxidation sites excluding steroid dienone is 1. The molecule has 4 rings (SSSR count). The number of ether oxygens (including phenoxy) is 1. The molecule has 0 N–H and O–H groups in total. The number of nitro benzene ring substituents is 2. The van der Waals surface area contributed by atoms with Crippen molar-refractivity contribution in [3.8, 4) is 27.8 Å². The van der Waals surface area contributed by atoms with Gasteiger partial charge in [-0.1, -0.05) is 5.16 Å². The number of thiazole rings is 1. The van der Waals surface area contributed by atoms with E-state index in [0.29, 0.717) is 22.2 Å². The van der Waals surface area contributed by atoms with Gasteiger partial charge in [-0.2, -0.15) is 0 Å². The highest BCUT2D eigenvalue weighted by molar-refractivity contribution is 7.13. The van der Waals surface area contributed by atoms with E-state index in [1.165, 1.54) is 17.4 Å². The highest BCUT2D eigenvalue weighted by Gasteiger charge is 2.19. The van der Waals surface area contributed by atoms with Crippen LogP contribution in [0.1, 0.15) is 16.1 Å². The first-order chi connectivity index (χ1) is 16.3. The minimum atomic E-state index is -0.794. The number of carbonyl (C=O) groups excluding carboxylic acids is 1. The molecule has 34 heavy (non-hydrogen) atoms. The molecule has 0 unspecified atom stereocenters. The molecule has 0 aliphatic heterocycles. The van der Waals surface area contributed by atoms with E-state index in [-0.39, 0.29) is 5.56 Å². The Morgan fingerprint density at radius 2 is 1.74 bits per heavy atom. The Balaban J connectivity index is 1.51. The first kappa shape index (κ1) is 22.5. The first-order valence-corrected chi connectivity index (χ1v) is 10.5. The van der Waals surface area contributed by atoms with Crippen molar-refractivity contribution < 1.29 is 23.9 Å². The monoisotopic (exact) mass is 478 g/mol. The third-order valence-electron chi connectivity index (χ3n) is 4.64. The van der Waals surface area contributed by atoms with Crippen molar-refractivity contribution in [1.29, 1.82) is 0 Å². The largest absolute Gasteiger partial charge is 0.497 e. The molecule has 2 aromatic heterocycles. The van der Waals surface area contributed by atoms with Crippen LogP contribution in [-0.2, 0) is 0 Å². The fourth-order valence-electron chi connectivity index (χ4n) is 2.96. The van der Waals surface area contributed by atoms with Gasteiger partial charge in [0.25, 0.3) is 11.4 Å². The maximum absolute atomic E-state index is 12.5. The molecule has 11 nitrogen and oxygen atoms in total. The van der Waals surface area contributed by atoms with Crippen molar-refractivity contribution in [3.63, 3.8) is 0 Å². The second-order valence-corrected chi connectivity index (χ2v) is 7.69. The molecule has 0 saturated carbocycles. The van der Waals surface area contributed by atoms with Crippen molar-refractivity contribution in [2.24, 2.45) is 0 Å². The van der Waals surface area contributed by atoms with Crippen LogP contribution in [0.5, 0.6) is 5.75 Å². The Kier molecular flexibility index (Phi) is 6.23. The SMILES string of the molecule is COc1ccc(-c2cc(-c3nc(/C=C/C(=O)c4cc([N+](=O)[O-])cc([N+](=O)[O-])c4)cs3)on2)cc1. The van der Waals surface area contributed by atoms with Crippen molar-refractivity contribution in [2.75, 3.05) is 7.11 Å². The van der Waals surface area contributed by atoms with Crippen LogP contribution in [0.4, 0.5) is 11.4 Å². The molecule has 0 saturated heterocycles. The van der Waals surface area contributed by atoms with E-state index in [9.17, 15) is 25.0 Å². The van der Waals surface area contributed by atoms with E-state index in [1.54, 1.807) is 18.6 Å². The van der Waals surface area contributed by atoms with Gasteiger partial charge in [-0.05, 0) is 36.4 Å². The summed E-state index contributed by atoms with van der Waals surface area (Å²) in [6.45, 7) is 0. The number of rotatable bonds is 8. The summed E-state index contributed by atoms with van der Waals surface area (Å²) in [7, 11) is 1.58. The number of hydrogen-bond donors (Lipinski definition) is 0. The van der Waals surface area contributed by atoms with E-state index in [0.717, 1.165) is 35.6 Å². The molecule has 0 amide bonds. The predicted molar refractivity (Wildman–Crippen MR) is 123 cm³/mol. The van der Waals surface area contributed by atoms with Gasteiger partial charge in [-0.25, -0.2) is 4.98 Å². The molecular formula is C22H14N4O7S. The van der Waals surface area contributed by atoms with Gasteiger partial charge in [0.2, 0.25) is 0 Å². The Hall–Kier alpha value is -4.71. The predicted octanol–water partition coefficient (Wildman–Crippen LogP) is 5.19. The fourth-order valence-corrected chi connectivity index (χ4v) is 3.69. The molecule has 0 bridgehead atoms. The number of nitro groups is 2. The van der Waals surface area contributed by atoms with E-state index in [1.807, 2.05) is 24.3 Å². The maximum atomic E-state index is 12.5. The Labute approximate surface area is 195 Å². The normalized spacial score (nSPS) is 11.0. The van der Waals surface area contributed by atoms with Crippen molar-refractivity contribution in [2.45, 2.75) is 0 Å². The second kappa shape index (κ2) is 9.42. The number of non-ortho nitro benzene ring substituents is 2. The topological polar surface area (TPSA) is 152 Å². The average Bonchev–Trinajstić information content (AvgIpc) is 3.52. The van der Waals surface area contributed by atoms with E-state index >= 15 is 0 Å². The molecule has 0 atom stereocenters. The van der Waals surface area contributed by atoms with E-state index < -0.39 is 27.0 Å². The van der Waals surface area contributed by atoms with Crippen LogP contribution in [0.25, 0.3) is 28.1 Å². The summed E-state index contributed by atoms with van der Waals surface area (Å²) in [6.07, 6.45) is 2.55. The molecule has 0 aliphatic rings. The fraction of sp³-hybridized carbons (Fsp3) is 0.0455. The summed E-state index contributed by atoms with van der Waals surface area (Å²) in [5.41, 5.74) is 0.638. The summed E-state index contributed by atoms with van der Waals surface area (Å²) >= 11 is 1.27. The Bertz CT molecular complexity index is 1390. The highest BCUT2D eigenvalue weighted by atomic mass is 32.1. The van der Waals surface area contributed by atoms with Crippen molar-refractivity contribution >= 4 is 34.6 Å². The zero-order chi connectivity index (χ0) is 24.2. The average molecular weight is 478 g/mol. The van der Waals surface area contributed by atoms with Gasteiger partial charge < -0.3 is 9.26 Å². The molecule has 2 heterocycles. The molecule has 0 radical (unpaired) electrons. The number of benzene rings is 2. The molecule has 0 aliphatic carbocycles. The van der Waals surface area contributed by atoms with E-state index in [4.69, 9.17) is 9.26 Å². The summed E-state index contributed by atoms with van der Waals surface area (Å²) in [5, 5.41) is 28.3. The van der Waals surface area contributed by atoms with Crippen LogP contribution in [0.2, 0.25) is 0 Å². The number of ketones is 1. The standard InChI is InChI=1S/C22H14N4O7S/c1-32-18-5-2-13(3-6-18)19-11-21(33-24-19)22-23-15(12-34-22)4-7-20(27)14-8-16(25(28)29)10-17(9-14)26(30)31/h2-12H,1H3/b7-4+. The van der Waals surface area contributed by atoms with Crippen molar-refractivity contribution in [1.82, 2.24) is 10.1 Å². The Morgan fingerprint density at radius 3 is 2.35 bits per heavy atom. The zero-order valence-electron chi connectivity index (χ0n) is 17.4. The van der Waals surface area contributed by atoms with Crippen LogP contribution in [0.3, 0.4) is 0 Å². The highest BCUT2D eigenvalue weighted by Crippen LogP contribution is 2.29. The van der Waals surface area contributed by atoms with Crippen LogP contribution in [-0.4, -0.2) is 32.9 Å². The Morgan fingerprint density at radius 1 is 1.06 bits per heavy atom. The number of nitrogens with zero attached hydrogens (tertiary/aromatic N) is 4. The van der Waals surface area contributed by atoms with Crippen molar-refractivity contribution in [3.05, 3.63) is 91.5 Å². The molecule has 4 aromatic rings. The molecule has 12 heteroatoms. The number of aromatic nitrogens is 2. The third-order valence-corrected chi connectivity index (χ3v) is 5.52. The van der Waals surface area contributed by atoms with Crippen LogP contribution in [0, 0.1) is 20.2 Å². The first-order valence-electron chi connectivity index (χ1n) is 9.57. The molecule has 0 spiro atoms. The van der Waals surface area contributed by atoms with Crippen LogP contribution in [0.15, 0.2) is 64.5 Å². The minimum absolute atomic E-state index is 0.174. The summed E-state index contributed by atoms with van der Waals surface area (Å²) in [4.78, 5) is 37.3. The van der Waals surface area contributed by atoms with Gasteiger partial charge in [-0.3, -0.25) is 25.0 Å². The molecule has 2 aromatic carbocycles. The lowest BCUT2D eigenvalue weighted by molar-refractivity contribution is -0.394.